The zero-order chi connectivity index (χ0) is 15.1. The summed E-state index contributed by atoms with van der Waals surface area (Å²) in [6, 6.07) is 14.6. The van der Waals surface area contributed by atoms with Gasteiger partial charge in [0.05, 0.1) is 6.21 Å². The van der Waals surface area contributed by atoms with Gasteiger partial charge in [-0.3, -0.25) is 0 Å². The lowest BCUT2D eigenvalue weighted by atomic mass is 10.2. The van der Waals surface area contributed by atoms with Crippen LogP contribution in [0.5, 0.6) is 0 Å². The van der Waals surface area contributed by atoms with Gasteiger partial charge in [-0.15, -0.1) is 5.10 Å². The molecule has 0 radical (unpaired) electrons. The maximum absolute atomic E-state index is 13.5. The van der Waals surface area contributed by atoms with Crippen molar-refractivity contribution in [3.8, 4) is 0 Å². The van der Waals surface area contributed by atoms with E-state index < -0.39 is 0 Å². The SMILES string of the molecule is NC(=NN=Cc1c(F)cccc1Br)SCc1ccccc1. The summed E-state index contributed by atoms with van der Waals surface area (Å²) in [6.45, 7) is 0. The summed E-state index contributed by atoms with van der Waals surface area (Å²) in [4.78, 5) is 0. The van der Waals surface area contributed by atoms with Crippen molar-refractivity contribution in [2.45, 2.75) is 5.75 Å². The summed E-state index contributed by atoms with van der Waals surface area (Å²) in [5.74, 6) is 0.355. The third-order valence-corrected chi connectivity index (χ3v) is 4.12. The highest BCUT2D eigenvalue weighted by Crippen LogP contribution is 2.17. The molecule has 21 heavy (non-hydrogen) atoms. The van der Waals surface area contributed by atoms with Gasteiger partial charge in [0.1, 0.15) is 5.82 Å². The largest absolute Gasteiger partial charge is 0.377 e. The molecule has 2 N–H and O–H groups in total. The first kappa shape index (κ1) is 15.7. The van der Waals surface area contributed by atoms with Crippen LogP contribution >= 0.6 is 27.7 Å². The predicted octanol–water partition coefficient (Wildman–Crippen LogP) is 4.17. The van der Waals surface area contributed by atoms with E-state index in [0.717, 1.165) is 11.3 Å². The average molecular weight is 366 g/mol. The van der Waals surface area contributed by atoms with Crippen LogP contribution in [0.1, 0.15) is 11.1 Å². The third-order valence-electron chi connectivity index (χ3n) is 2.57. The fourth-order valence-corrected chi connectivity index (χ4v) is 2.59. The molecule has 3 nitrogen and oxygen atoms in total. The lowest BCUT2D eigenvalue weighted by Crippen LogP contribution is -2.06. The molecule has 0 amide bonds. The van der Waals surface area contributed by atoms with Gasteiger partial charge >= 0.3 is 0 Å². The van der Waals surface area contributed by atoms with Gasteiger partial charge < -0.3 is 5.73 Å². The van der Waals surface area contributed by atoms with Crippen LogP contribution in [0.3, 0.4) is 0 Å². The Hall–Kier alpha value is -1.66. The van der Waals surface area contributed by atoms with Crippen LogP contribution in [0.4, 0.5) is 4.39 Å². The Bertz CT molecular complexity index is 639. The number of thioether (sulfide) groups is 1. The van der Waals surface area contributed by atoms with Gasteiger partial charge in [0, 0.05) is 15.8 Å². The van der Waals surface area contributed by atoms with Crippen LogP contribution in [-0.2, 0) is 5.75 Å². The Balaban J connectivity index is 1.95. The Labute approximate surface area is 135 Å². The van der Waals surface area contributed by atoms with Crippen molar-refractivity contribution < 1.29 is 4.39 Å². The van der Waals surface area contributed by atoms with E-state index in [1.165, 1.54) is 24.0 Å². The van der Waals surface area contributed by atoms with E-state index in [1.54, 1.807) is 12.1 Å². The van der Waals surface area contributed by atoms with Crippen LogP contribution in [0.2, 0.25) is 0 Å². The molecule has 0 atom stereocenters. The number of hydrogen-bond donors (Lipinski definition) is 1. The summed E-state index contributed by atoms with van der Waals surface area (Å²) in [5.41, 5.74) is 7.26. The standard InChI is InChI=1S/C15H13BrFN3S/c16-13-7-4-8-14(17)12(13)9-19-20-15(18)21-10-11-5-2-1-3-6-11/h1-9H,10H2,(H2,18,20). The summed E-state index contributed by atoms with van der Waals surface area (Å²) in [7, 11) is 0. The van der Waals surface area contributed by atoms with Crippen molar-refractivity contribution in [3.05, 3.63) is 69.9 Å². The second-order valence-corrected chi connectivity index (χ2v) is 5.94. The lowest BCUT2D eigenvalue weighted by molar-refractivity contribution is 0.625. The number of amidine groups is 1. The number of nitrogens with zero attached hydrogens (tertiary/aromatic N) is 2. The molecular weight excluding hydrogens is 353 g/mol. The van der Waals surface area contributed by atoms with Gasteiger partial charge in [-0.05, 0) is 17.7 Å². The highest BCUT2D eigenvalue weighted by Gasteiger charge is 2.02. The predicted molar refractivity (Wildman–Crippen MR) is 91.1 cm³/mol. The normalized spacial score (nSPS) is 12.0. The molecule has 0 aliphatic carbocycles. The first-order valence-corrected chi connectivity index (χ1v) is 7.92. The monoisotopic (exact) mass is 365 g/mol. The number of rotatable bonds is 4. The maximum Gasteiger partial charge on any atom is 0.180 e. The van der Waals surface area contributed by atoms with Gasteiger partial charge in [0.15, 0.2) is 5.17 Å². The average Bonchev–Trinajstić information content (AvgIpc) is 2.49. The molecule has 0 bridgehead atoms. The zero-order valence-corrected chi connectivity index (χ0v) is 13.4. The van der Waals surface area contributed by atoms with Crippen LogP contribution in [-0.4, -0.2) is 11.4 Å². The summed E-state index contributed by atoms with van der Waals surface area (Å²) < 4.78 is 14.2. The maximum atomic E-state index is 13.5. The van der Waals surface area contributed by atoms with E-state index >= 15 is 0 Å². The second kappa shape index (κ2) is 7.95. The van der Waals surface area contributed by atoms with E-state index in [0.29, 0.717) is 15.2 Å². The zero-order valence-electron chi connectivity index (χ0n) is 11.0. The van der Waals surface area contributed by atoms with Crippen LogP contribution < -0.4 is 5.73 Å². The number of nitrogens with two attached hydrogens (primary N) is 1. The fraction of sp³-hybridized carbons (Fsp3) is 0.0667. The quantitative estimate of drug-likeness (QED) is 0.502. The summed E-state index contributed by atoms with van der Waals surface area (Å²) >= 11 is 4.64. The van der Waals surface area contributed by atoms with Gasteiger partial charge in [0.2, 0.25) is 0 Å². The molecule has 108 valence electrons. The molecule has 0 saturated carbocycles. The number of halogens is 2. The van der Waals surface area contributed by atoms with Crippen LogP contribution in [0.25, 0.3) is 0 Å². The van der Waals surface area contributed by atoms with E-state index in [4.69, 9.17) is 5.73 Å². The Morgan fingerprint density at radius 3 is 2.67 bits per heavy atom. The van der Waals surface area contributed by atoms with Crippen LogP contribution in [0.15, 0.2) is 63.2 Å². The summed E-state index contributed by atoms with van der Waals surface area (Å²) in [5, 5.41) is 8.01. The molecule has 0 unspecified atom stereocenters. The highest BCUT2D eigenvalue weighted by atomic mass is 79.9. The molecule has 0 aliphatic heterocycles. The highest BCUT2D eigenvalue weighted by molar-refractivity contribution is 9.10. The molecular formula is C15H13BrFN3S. The molecule has 2 rings (SSSR count). The molecule has 0 saturated heterocycles. The second-order valence-electron chi connectivity index (χ2n) is 4.09. The smallest absolute Gasteiger partial charge is 0.180 e. The molecule has 0 heterocycles. The Morgan fingerprint density at radius 2 is 1.95 bits per heavy atom. The van der Waals surface area contributed by atoms with Crippen LogP contribution in [0, 0.1) is 5.82 Å². The topological polar surface area (TPSA) is 50.7 Å². The fourth-order valence-electron chi connectivity index (χ4n) is 1.54. The molecule has 0 spiro atoms. The molecule has 2 aromatic rings. The van der Waals surface area contributed by atoms with E-state index in [2.05, 4.69) is 26.1 Å². The van der Waals surface area contributed by atoms with Crippen molar-refractivity contribution in [1.82, 2.24) is 0 Å². The minimum absolute atomic E-state index is 0.336. The van der Waals surface area contributed by atoms with E-state index in [-0.39, 0.29) is 5.82 Å². The van der Waals surface area contributed by atoms with Crippen molar-refractivity contribution in [1.29, 1.82) is 0 Å². The molecule has 2 aromatic carbocycles. The molecule has 0 fully saturated rings. The minimum atomic E-state index is -0.362. The van der Waals surface area contributed by atoms with Gasteiger partial charge in [-0.2, -0.15) is 5.10 Å². The van der Waals surface area contributed by atoms with Gasteiger partial charge in [-0.1, -0.05) is 64.1 Å². The van der Waals surface area contributed by atoms with Gasteiger partial charge in [-0.25, -0.2) is 4.39 Å². The Kier molecular flexibility index (Phi) is 5.95. The van der Waals surface area contributed by atoms with E-state index in [9.17, 15) is 4.39 Å². The van der Waals surface area contributed by atoms with Crippen molar-refractivity contribution in [2.75, 3.05) is 0 Å². The Morgan fingerprint density at radius 1 is 1.19 bits per heavy atom. The first-order valence-electron chi connectivity index (χ1n) is 6.14. The molecule has 0 aromatic heterocycles. The summed E-state index contributed by atoms with van der Waals surface area (Å²) in [6.07, 6.45) is 1.34. The molecule has 0 aliphatic rings. The third kappa shape index (κ3) is 4.99. The minimum Gasteiger partial charge on any atom is -0.377 e. The molecule has 6 heteroatoms. The van der Waals surface area contributed by atoms with Crippen molar-refractivity contribution in [3.63, 3.8) is 0 Å². The van der Waals surface area contributed by atoms with Gasteiger partial charge in [0.25, 0.3) is 0 Å². The van der Waals surface area contributed by atoms with E-state index in [1.807, 2.05) is 30.3 Å². The number of benzene rings is 2. The van der Waals surface area contributed by atoms with Crippen molar-refractivity contribution in [2.24, 2.45) is 15.9 Å². The van der Waals surface area contributed by atoms with Crippen molar-refractivity contribution >= 4 is 39.1 Å². The first-order chi connectivity index (χ1) is 10.2. The number of hydrogen-bond acceptors (Lipinski definition) is 3. The lowest BCUT2D eigenvalue weighted by Gasteiger charge is -2.00.